The molecule has 0 amide bonds. The van der Waals surface area contributed by atoms with E-state index in [-0.39, 0.29) is 11.0 Å². The summed E-state index contributed by atoms with van der Waals surface area (Å²) in [7, 11) is 1.27. The number of aryl methyl sites for hydroxylation is 1. The summed E-state index contributed by atoms with van der Waals surface area (Å²) in [6.45, 7) is 3.58. The van der Waals surface area contributed by atoms with Gasteiger partial charge in [-0.05, 0) is 26.0 Å². The molecule has 4 nitrogen and oxygen atoms in total. The fourth-order valence-corrected chi connectivity index (χ4v) is 2.21. The third kappa shape index (κ3) is 2.29. The fourth-order valence-electron chi connectivity index (χ4n) is 2.21. The Labute approximate surface area is 111 Å². The number of hydrogen-bond donors (Lipinski definition) is 0. The number of carbonyl (C=O) groups is 1. The highest BCUT2D eigenvalue weighted by molar-refractivity contribution is 5.90. The smallest absolute Gasteiger partial charge is 0.343 e. The molecule has 19 heavy (non-hydrogen) atoms. The van der Waals surface area contributed by atoms with Crippen LogP contribution in [0.15, 0.2) is 41.2 Å². The van der Waals surface area contributed by atoms with Crippen LogP contribution in [0.1, 0.15) is 21.7 Å². The van der Waals surface area contributed by atoms with Crippen LogP contribution < -0.4 is 5.43 Å². The number of methoxy groups -OCH3 is 1. The Balaban J connectivity index is 2.76. The number of pyridine rings is 1. The first kappa shape index (κ1) is 13.1. The molecule has 2 rings (SSSR count). The molecule has 2 aromatic rings. The maximum atomic E-state index is 11.9. The zero-order valence-corrected chi connectivity index (χ0v) is 11.1. The monoisotopic (exact) mass is 257 g/mol. The van der Waals surface area contributed by atoms with Gasteiger partial charge in [0.05, 0.1) is 7.11 Å². The standard InChI is InChI=1S/C15H15NO3/c1-10-9-13(17)14(15(18)19-3)11(2)16(10)12-7-5-4-6-8-12/h4-9H,1-3H3. The SMILES string of the molecule is COC(=O)c1c(C)n(-c2ccccc2)c(C)cc1=O. The van der Waals surface area contributed by atoms with Gasteiger partial charge in [0.1, 0.15) is 5.56 Å². The van der Waals surface area contributed by atoms with Crippen molar-refractivity contribution in [2.45, 2.75) is 13.8 Å². The zero-order valence-electron chi connectivity index (χ0n) is 11.1. The molecule has 0 fully saturated rings. The van der Waals surface area contributed by atoms with E-state index in [9.17, 15) is 9.59 Å². The van der Waals surface area contributed by atoms with Crippen LogP contribution in [0.3, 0.4) is 0 Å². The van der Waals surface area contributed by atoms with Gasteiger partial charge in [-0.15, -0.1) is 0 Å². The van der Waals surface area contributed by atoms with Gasteiger partial charge in [-0.3, -0.25) is 4.79 Å². The van der Waals surface area contributed by atoms with Crippen molar-refractivity contribution in [2.75, 3.05) is 7.11 Å². The molecule has 1 aromatic heterocycles. The Kier molecular flexibility index (Phi) is 3.51. The van der Waals surface area contributed by atoms with E-state index in [1.165, 1.54) is 13.2 Å². The second kappa shape index (κ2) is 5.10. The van der Waals surface area contributed by atoms with Crippen molar-refractivity contribution < 1.29 is 9.53 Å². The van der Waals surface area contributed by atoms with E-state index in [2.05, 4.69) is 4.74 Å². The molecule has 0 saturated heterocycles. The Hall–Kier alpha value is -2.36. The van der Waals surface area contributed by atoms with Crippen LogP contribution in [-0.2, 0) is 4.74 Å². The first-order valence-corrected chi connectivity index (χ1v) is 5.93. The number of aromatic nitrogens is 1. The van der Waals surface area contributed by atoms with Gasteiger partial charge in [-0.25, -0.2) is 4.79 Å². The molecule has 0 aliphatic carbocycles. The summed E-state index contributed by atoms with van der Waals surface area (Å²) in [4.78, 5) is 23.6. The molecular weight excluding hydrogens is 242 g/mol. The topological polar surface area (TPSA) is 48.3 Å². The van der Waals surface area contributed by atoms with E-state index in [0.29, 0.717) is 5.69 Å². The molecule has 0 atom stereocenters. The average molecular weight is 257 g/mol. The molecule has 0 aliphatic rings. The molecular formula is C15H15NO3. The lowest BCUT2D eigenvalue weighted by molar-refractivity contribution is 0.0597. The third-order valence-corrected chi connectivity index (χ3v) is 3.04. The number of nitrogens with zero attached hydrogens (tertiary/aromatic N) is 1. The van der Waals surface area contributed by atoms with Gasteiger partial charge in [-0.2, -0.15) is 0 Å². The van der Waals surface area contributed by atoms with Crippen molar-refractivity contribution in [3.63, 3.8) is 0 Å². The van der Waals surface area contributed by atoms with Crippen molar-refractivity contribution in [3.05, 3.63) is 63.6 Å². The summed E-state index contributed by atoms with van der Waals surface area (Å²) in [5, 5.41) is 0. The lowest BCUT2D eigenvalue weighted by Gasteiger charge is -2.16. The Bertz CT molecular complexity index is 672. The van der Waals surface area contributed by atoms with Gasteiger partial charge in [-0.1, -0.05) is 18.2 Å². The molecule has 1 heterocycles. The first-order valence-electron chi connectivity index (χ1n) is 5.93. The Morgan fingerprint density at radius 2 is 1.79 bits per heavy atom. The Morgan fingerprint density at radius 1 is 1.16 bits per heavy atom. The molecule has 98 valence electrons. The number of benzene rings is 1. The van der Waals surface area contributed by atoms with Crippen LogP contribution in [0.4, 0.5) is 0 Å². The normalized spacial score (nSPS) is 10.3. The minimum absolute atomic E-state index is 0.0805. The summed E-state index contributed by atoms with van der Waals surface area (Å²) in [5.41, 5.74) is 2.04. The van der Waals surface area contributed by atoms with Gasteiger partial charge in [0.2, 0.25) is 0 Å². The van der Waals surface area contributed by atoms with E-state index in [1.807, 2.05) is 41.8 Å². The van der Waals surface area contributed by atoms with Gasteiger partial charge in [0.15, 0.2) is 5.43 Å². The molecule has 0 saturated carbocycles. The minimum atomic E-state index is -0.604. The van der Waals surface area contributed by atoms with Crippen molar-refractivity contribution in [1.29, 1.82) is 0 Å². The number of rotatable bonds is 2. The highest BCUT2D eigenvalue weighted by atomic mass is 16.5. The molecule has 1 aromatic carbocycles. The van der Waals surface area contributed by atoms with E-state index in [4.69, 9.17) is 0 Å². The summed E-state index contributed by atoms with van der Waals surface area (Å²) < 4.78 is 6.55. The number of ether oxygens (including phenoxy) is 1. The number of hydrogen-bond acceptors (Lipinski definition) is 3. The van der Waals surface area contributed by atoms with Crippen LogP contribution in [0, 0.1) is 13.8 Å². The van der Waals surface area contributed by atoms with Gasteiger partial charge in [0, 0.05) is 23.1 Å². The van der Waals surface area contributed by atoms with Crippen LogP contribution in [-0.4, -0.2) is 17.6 Å². The predicted octanol–water partition coefficient (Wildman–Crippen LogP) is 2.24. The lowest BCUT2D eigenvalue weighted by atomic mass is 10.1. The fraction of sp³-hybridized carbons (Fsp3) is 0.200. The lowest BCUT2D eigenvalue weighted by Crippen LogP contribution is -2.23. The second-order valence-electron chi connectivity index (χ2n) is 4.27. The summed E-state index contributed by atoms with van der Waals surface area (Å²) >= 11 is 0. The van der Waals surface area contributed by atoms with Crippen molar-refractivity contribution in [2.24, 2.45) is 0 Å². The number of para-hydroxylation sites is 1. The van der Waals surface area contributed by atoms with Crippen LogP contribution >= 0.6 is 0 Å². The maximum absolute atomic E-state index is 11.9. The molecule has 0 aliphatic heterocycles. The van der Waals surface area contributed by atoms with Crippen LogP contribution in [0.5, 0.6) is 0 Å². The molecule has 0 unspecified atom stereocenters. The molecule has 0 radical (unpaired) electrons. The molecule has 0 spiro atoms. The van der Waals surface area contributed by atoms with Crippen molar-refractivity contribution in [3.8, 4) is 5.69 Å². The minimum Gasteiger partial charge on any atom is -0.465 e. The predicted molar refractivity (Wildman–Crippen MR) is 72.9 cm³/mol. The quantitative estimate of drug-likeness (QED) is 0.775. The maximum Gasteiger partial charge on any atom is 0.343 e. The van der Waals surface area contributed by atoms with Crippen LogP contribution in [0.2, 0.25) is 0 Å². The highest BCUT2D eigenvalue weighted by Crippen LogP contribution is 2.15. The van der Waals surface area contributed by atoms with E-state index in [1.54, 1.807) is 6.92 Å². The first-order chi connectivity index (χ1) is 9.06. The third-order valence-electron chi connectivity index (χ3n) is 3.04. The van der Waals surface area contributed by atoms with Gasteiger partial charge >= 0.3 is 5.97 Å². The summed E-state index contributed by atoms with van der Waals surface area (Å²) in [6, 6.07) is 11.0. The van der Waals surface area contributed by atoms with E-state index < -0.39 is 5.97 Å². The van der Waals surface area contributed by atoms with Crippen LogP contribution in [0.25, 0.3) is 5.69 Å². The van der Waals surface area contributed by atoms with Crippen molar-refractivity contribution >= 4 is 5.97 Å². The number of carbonyl (C=O) groups excluding carboxylic acids is 1. The van der Waals surface area contributed by atoms with E-state index >= 15 is 0 Å². The molecule has 4 heteroatoms. The largest absolute Gasteiger partial charge is 0.465 e. The highest BCUT2D eigenvalue weighted by Gasteiger charge is 2.18. The second-order valence-corrected chi connectivity index (χ2v) is 4.27. The molecule has 0 N–H and O–H groups in total. The summed E-state index contributed by atoms with van der Waals surface area (Å²) in [5.74, 6) is -0.604. The van der Waals surface area contributed by atoms with E-state index in [0.717, 1.165) is 11.4 Å². The average Bonchev–Trinajstić information content (AvgIpc) is 2.39. The summed E-state index contributed by atoms with van der Waals surface area (Å²) in [6.07, 6.45) is 0. The zero-order chi connectivity index (χ0) is 14.0. The number of esters is 1. The van der Waals surface area contributed by atoms with Crippen molar-refractivity contribution in [1.82, 2.24) is 4.57 Å². The van der Waals surface area contributed by atoms with Gasteiger partial charge < -0.3 is 9.30 Å². The Morgan fingerprint density at radius 3 is 2.37 bits per heavy atom. The molecule has 0 bridgehead atoms. The van der Waals surface area contributed by atoms with Gasteiger partial charge in [0.25, 0.3) is 0 Å².